The molecule has 0 aliphatic carbocycles. The minimum Gasteiger partial charge on any atom is -0.473 e. The van der Waals surface area contributed by atoms with Crippen molar-refractivity contribution in [3.8, 4) is 0 Å². The second-order valence-corrected chi connectivity index (χ2v) is 4.09. The number of carboxylic acids is 2. The second-order valence-electron chi connectivity index (χ2n) is 4.09. The number of carbonyl (C=O) groups is 2. The number of hydrogen-bond acceptors (Lipinski definition) is 2. The van der Waals surface area contributed by atoms with E-state index in [2.05, 4.69) is 13.8 Å². The highest BCUT2D eigenvalue weighted by Crippen LogP contribution is 2.08. The molecule has 0 unspecified atom stereocenters. The Morgan fingerprint density at radius 2 is 0.882 bits per heavy atom. The maximum Gasteiger partial charge on any atom is 0.414 e. The summed E-state index contributed by atoms with van der Waals surface area (Å²) >= 11 is 0. The number of hydrogen-bond donors (Lipinski definition) is 2. The van der Waals surface area contributed by atoms with Crippen LogP contribution in [0.5, 0.6) is 0 Å². The van der Waals surface area contributed by atoms with E-state index in [0.29, 0.717) is 0 Å². The first-order valence-electron chi connectivity index (χ1n) is 6.52. The summed E-state index contributed by atoms with van der Waals surface area (Å²) in [6, 6.07) is 0. The summed E-state index contributed by atoms with van der Waals surface area (Å²) in [5.41, 5.74) is 0. The lowest BCUT2D eigenvalue weighted by molar-refractivity contribution is -0.159. The molecule has 0 saturated carbocycles. The van der Waals surface area contributed by atoms with Gasteiger partial charge in [0.1, 0.15) is 0 Å². The topological polar surface area (TPSA) is 74.6 Å². The van der Waals surface area contributed by atoms with Gasteiger partial charge in [-0.2, -0.15) is 0 Å². The van der Waals surface area contributed by atoms with Crippen molar-refractivity contribution >= 4 is 11.9 Å². The third-order valence-corrected chi connectivity index (χ3v) is 2.39. The van der Waals surface area contributed by atoms with Gasteiger partial charge in [0, 0.05) is 0 Å². The monoisotopic (exact) mass is 246 g/mol. The van der Waals surface area contributed by atoms with Crippen molar-refractivity contribution in [2.45, 2.75) is 71.6 Å². The van der Waals surface area contributed by atoms with Crippen LogP contribution in [0.25, 0.3) is 0 Å². The number of aliphatic carboxylic acids is 2. The maximum atomic E-state index is 9.10. The minimum absolute atomic E-state index is 1.37. The molecule has 0 aromatic rings. The van der Waals surface area contributed by atoms with Crippen molar-refractivity contribution < 1.29 is 19.8 Å². The van der Waals surface area contributed by atoms with Crippen molar-refractivity contribution in [3.05, 3.63) is 0 Å². The zero-order chi connectivity index (χ0) is 13.5. The standard InChI is InChI=1S/C11H24.C2H2O4/c1-3-5-7-9-11-10-8-6-4-2;3-1(4)2(5)6/h3-11H2,1-2H3;(H,3,4)(H,5,6). The summed E-state index contributed by atoms with van der Waals surface area (Å²) in [7, 11) is 0. The van der Waals surface area contributed by atoms with Crippen LogP contribution in [-0.4, -0.2) is 22.2 Å². The molecule has 0 radical (unpaired) electrons. The molecule has 0 aliphatic heterocycles. The van der Waals surface area contributed by atoms with E-state index in [9.17, 15) is 0 Å². The molecule has 0 aliphatic rings. The highest BCUT2D eigenvalue weighted by atomic mass is 16.4. The molecule has 102 valence electrons. The van der Waals surface area contributed by atoms with Gasteiger partial charge in [-0.05, 0) is 0 Å². The zero-order valence-electron chi connectivity index (χ0n) is 11.1. The Kier molecular flexibility index (Phi) is 16.1. The molecule has 0 bridgehead atoms. The summed E-state index contributed by atoms with van der Waals surface area (Å²) in [4.78, 5) is 18.2. The molecule has 4 nitrogen and oxygen atoms in total. The van der Waals surface area contributed by atoms with Gasteiger partial charge >= 0.3 is 11.9 Å². The van der Waals surface area contributed by atoms with Gasteiger partial charge in [0.25, 0.3) is 0 Å². The van der Waals surface area contributed by atoms with Crippen molar-refractivity contribution in [2.24, 2.45) is 0 Å². The fraction of sp³-hybridized carbons (Fsp3) is 0.846. The van der Waals surface area contributed by atoms with Crippen LogP contribution >= 0.6 is 0 Å². The molecule has 0 fully saturated rings. The number of carboxylic acid groups (broad SMARTS) is 2. The van der Waals surface area contributed by atoms with Gasteiger partial charge in [0.05, 0.1) is 0 Å². The SMILES string of the molecule is CCCCCCCCCCC.O=C(O)C(=O)O. The molecule has 17 heavy (non-hydrogen) atoms. The lowest BCUT2D eigenvalue weighted by Gasteiger charge is -1.98. The van der Waals surface area contributed by atoms with E-state index in [-0.39, 0.29) is 0 Å². The van der Waals surface area contributed by atoms with Crippen LogP contribution in [0.3, 0.4) is 0 Å². The Morgan fingerprint density at radius 1 is 0.647 bits per heavy atom. The Balaban J connectivity index is 0. The van der Waals surface area contributed by atoms with Crippen molar-refractivity contribution in [3.63, 3.8) is 0 Å². The molecule has 0 aromatic heterocycles. The van der Waals surface area contributed by atoms with Gasteiger partial charge in [-0.1, -0.05) is 71.6 Å². The normalized spacial score (nSPS) is 9.29. The zero-order valence-corrected chi connectivity index (χ0v) is 11.1. The second kappa shape index (κ2) is 14.9. The van der Waals surface area contributed by atoms with E-state index in [0.717, 1.165) is 0 Å². The van der Waals surface area contributed by atoms with Gasteiger partial charge < -0.3 is 10.2 Å². The molecule has 2 N–H and O–H groups in total. The van der Waals surface area contributed by atoms with Crippen LogP contribution in [0, 0.1) is 0 Å². The maximum absolute atomic E-state index is 9.10. The first kappa shape index (κ1) is 18.3. The highest BCUT2D eigenvalue weighted by Gasteiger charge is 2.04. The van der Waals surface area contributed by atoms with Crippen molar-refractivity contribution in [1.29, 1.82) is 0 Å². The largest absolute Gasteiger partial charge is 0.473 e. The van der Waals surface area contributed by atoms with Crippen LogP contribution in [0.4, 0.5) is 0 Å². The number of unbranched alkanes of at least 4 members (excludes halogenated alkanes) is 8. The predicted octanol–water partition coefficient (Wildman–Crippen LogP) is 3.69. The summed E-state index contributed by atoms with van der Waals surface area (Å²) in [5.74, 6) is -3.65. The minimum atomic E-state index is -1.82. The van der Waals surface area contributed by atoms with E-state index in [4.69, 9.17) is 19.8 Å². The lowest BCUT2D eigenvalue weighted by atomic mass is 10.1. The Labute approximate surface area is 104 Å². The van der Waals surface area contributed by atoms with Crippen LogP contribution in [0.1, 0.15) is 71.6 Å². The highest BCUT2D eigenvalue weighted by molar-refractivity contribution is 6.27. The summed E-state index contributed by atoms with van der Waals surface area (Å²) in [6.45, 7) is 4.55. The molecular weight excluding hydrogens is 220 g/mol. The molecule has 0 spiro atoms. The average molecular weight is 246 g/mol. The molecule has 0 atom stereocenters. The van der Waals surface area contributed by atoms with Crippen LogP contribution < -0.4 is 0 Å². The molecular formula is C13H26O4. The molecule has 0 amide bonds. The van der Waals surface area contributed by atoms with Gasteiger partial charge in [-0.3, -0.25) is 0 Å². The number of rotatable bonds is 8. The predicted molar refractivity (Wildman–Crippen MR) is 68.2 cm³/mol. The van der Waals surface area contributed by atoms with E-state index < -0.39 is 11.9 Å². The summed E-state index contributed by atoms with van der Waals surface area (Å²) in [6.07, 6.45) is 13.0. The fourth-order valence-electron chi connectivity index (χ4n) is 1.38. The Morgan fingerprint density at radius 3 is 1.06 bits per heavy atom. The third kappa shape index (κ3) is 20.9. The van der Waals surface area contributed by atoms with Gasteiger partial charge in [0.2, 0.25) is 0 Å². The van der Waals surface area contributed by atoms with Crippen molar-refractivity contribution in [1.82, 2.24) is 0 Å². The average Bonchev–Trinajstić information content (AvgIpc) is 2.29. The quantitative estimate of drug-likeness (QED) is 0.506. The van der Waals surface area contributed by atoms with Crippen LogP contribution in [0.2, 0.25) is 0 Å². The van der Waals surface area contributed by atoms with Gasteiger partial charge in [-0.25, -0.2) is 9.59 Å². The van der Waals surface area contributed by atoms with E-state index >= 15 is 0 Å². The van der Waals surface area contributed by atoms with Crippen LogP contribution in [0.15, 0.2) is 0 Å². The lowest BCUT2D eigenvalue weighted by Crippen LogP contribution is -2.09. The molecule has 0 heterocycles. The van der Waals surface area contributed by atoms with Gasteiger partial charge in [-0.15, -0.1) is 0 Å². The molecule has 0 rings (SSSR count). The first-order valence-corrected chi connectivity index (χ1v) is 6.52. The fourth-order valence-corrected chi connectivity index (χ4v) is 1.38. The Bertz CT molecular complexity index is 170. The molecule has 0 aromatic carbocycles. The van der Waals surface area contributed by atoms with E-state index in [1.165, 1.54) is 57.8 Å². The smallest absolute Gasteiger partial charge is 0.414 e. The molecule has 4 heteroatoms. The third-order valence-electron chi connectivity index (χ3n) is 2.39. The van der Waals surface area contributed by atoms with Crippen LogP contribution in [-0.2, 0) is 9.59 Å². The van der Waals surface area contributed by atoms with Gasteiger partial charge in [0.15, 0.2) is 0 Å². The van der Waals surface area contributed by atoms with E-state index in [1.807, 2.05) is 0 Å². The van der Waals surface area contributed by atoms with E-state index in [1.54, 1.807) is 0 Å². The summed E-state index contributed by atoms with van der Waals surface area (Å²) < 4.78 is 0. The molecule has 0 saturated heterocycles. The summed E-state index contributed by atoms with van der Waals surface area (Å²) in [5, 5.41) is 14.8. The first-order chi connectivity index (χ1) is 8.06. The Hall–Kier alpha value is -1.06. The van der Waals surface area contributed by atoms with Crippen molar-refractivity contribution in [2.75, 3.05) is 0 Å².